The van der Waals surface area contributed by atoms with Crippen molar-refractivity contribution in [2.45, 2.75) is 13.0 Å². The number of rotatable bonds is 5. The second-order valence-corrected chi connectivity index (χ2v) is 6.12. The average molecular weight is 367 g/mol. The molecule has 0 atom stereocenters. The first-order chi connectivity index (χ1) is 10.1. The lowest BCUT2D eigenvalue weighted by Crippen LogP contribution is -2.47. The van der Waals surface area contributed by atoms with Crippen molar-refractivity contribution in [2.24, 2.45) is 0 Å². The molecule has 1 aliphatic heterocycles. The molecule has 124 valence electrons. The van der Waals surface area contributed by atoms with E-state index < -0.39 is 0 Å². The summed E-state index contributed by atoms with van der Waals surface area (Å²) in [4.78, 5) is 16.1. The SMILES string of the molecule is CN(CCC(=O)N1CCNCC1)Cc1cccc(Cl)c1Cl.Cl. The number of nitrogens with one attached hydrogen (secondary N) is 1. The summed E-state index contributed by atoms with van der Waals surface area (Å²) in [6, 6.07) is 5.63. The average Bonchev–Trinajstić information content (AvgIpc) is 2.50. The van der Waals surface area contributed by atoms with Gasteiger partial charge >= 0.3 is 0 Å². The minimum atomic E-state index is 0. The fourth-order valence-electron chi connectivity index (χ4n) is 2.40. The molecule has 0 radical (unpaired) electrons. The van der Waals surface area contributed by atoms with Crippen LogP contribution in [-0.4, -0.2) is 55.5 Å². The van der Waals surface area contributed by atoms with Gasteiger partial charge in [0.15, 0.2) is 0 Å². The highest BCUT2D eigenvalue weighted by atomic mass is 35.5. The van der Waals surface area contributed by atoms with Gasteiger partial charge in [0.1, 0.15) is 0 Å². The van der Waals surface area contributed by atoms with E-state index in [1.165, 1.54) is 0 Å². The third-order valence-electron chi connectivity index (χ3n) is 3.65. The molecule has 22 heavy (non-hydrogen) atoms. The van der Waals surface area contributed by atoms with Crippen molar-refractivity contribution in [3.63, 3.8) is 0 Å². The van der Waals surface area contributed by atoms with E-state index in [1.807, 2.05) is 24.1 Å². The first-order valence-electron chi connectivity index (χ1n) is 7.18. The van der Waals surface area contributed by atoms with Gasteiger partial charge in [0, 0.05) is 45.7 Å². The number of hydrogen-bond acceptors (Lipinski definition) is 3. The van der Waals surface area contributed by atoms with Crippen molar-refractivity contribution in [1.29, 1.82) is 0 Å². The summed E-state index contributed by atoms with van der Waals surface area (Å²) in [5.74, 6) is 0.223. The largest absolute Gasteiger partial charge is 0.340 e. The highest BCUT2D eigenvalue weighted by Crippen LogP contribution is 2.26. The van der Waals surface area contributed by atoms with E-state index in [1.54, 1.807) is 6.07 Å². The molecule has 0 aromatic heterocycles. The van der Waals surface area contributed by atoms with Crippen LogP contribution in [0.1, 0.15) is 12.0 Å². The van der Waals surface area contributed by atoms with Gasteiger partial charge < -0.3 is 15.1 Å². The molecule has 1 aromatic carbocycles. The van der Waals surface area contributed by atoms with Gasteiger partial charge in [-0.1, -0.05) is 35.3 Å². The van der Waals surface area contributed by atoms with Crippen LogP contribution < -0.4 is 5.32 Å². The first kappa shape index (κ1) is 19.5. The highest BCUT2D eigenvalue weighted by molar-refractivity contribution is 6.42. The molecular formula is C15H22Cl3N3O. The van der Waals surface area contributed by atoms with Gasteiger partial charge in [-0.3, -0.25) is 4.79 Å². The second-order valence-electron chi connectivity index (χ2n) is 5.33. The van der Waals surface area contributed by atoms with E-state index in [-0.39, 0.29) is 18.3 Å². The molecule has 1 saturated heterocycles. The summed E-state index contributed by atoms with van der Waals surface area (Å²) in [6.45, 7) is 4.80. The lowest BCUT2D eigenvalue weighted by molar-refractivity contribution is -0.132. The predicted octanol–water partition coefficient (Wildman–Crippen LogP) is 2.67. The van der Waals surface area contributed by atoms with Crippen LogP contribution in [0.15, 0.2) is 18.2 Å². The number of benzene rings is 1. The summed E-state index contributed by atoms with van der Waals surface area (Å²) in [5.41, 5.74) is 0.987. The Bertz CT molecular complexity index is 493. The molecule has 1 amide bonds. The monoisotopic (exact) mass is 365 g/mol. The normalized spacial score (nSPS) is 14.8. The maximum atomic E-state index is 12.1. The van der Waals surface area contributed by atoms with Crippen LogP contribution in [0, 0.1) is 0 Å². The minimum Gasteiger partial charge on any atom is -0.340 e. The van der Waals surface area contributed by atoms with Gasteiger partial charge in [-0.25, -0.2) is 0 Å². The van der Waals surface area contributed by atoms with Gasteiger partial charge in [-0.2, -0.15) is 0 Å². The summed E-state index contributed by atoms with van der Waals surface area (Å²) >= 11 is 12.2. The van der Waals surface area contributed by atoms with E-state index in [4.69, 9.17) is 23.2 Å². The van der Waals surface area contributed by atoms with Crippen LogP contribution >= 0.6 is 35.6 Å². The predicted molar refractivity (Wildman–Crippen MR) is 94.1 cm³/mol. The number of piperazine rings is 1. The van der Waals surface area contributed by atoms with Crippen LogP contribution in [0.2, 0.25) is 10.0 Å². The molecule has 1 heterocycles. The Hall–Kier alpha value is -0.520. The summed E-state index contributed by atoms with van der Waals surface area (Å²) in [5, 5.41) is 4.41. The van der Waals surface area contributed by atoms with E-state index in [0.29, 0.717) is 29.6 Å². The molecule has 2 rings (SSSR count). The zero-order valence-electron chi connectivity index (χ0n) is 12.6. The molecule has 0 bridgehead atoms. The van der Waals surface area contributed by atoms with Gasteiger partial charge in [0.25, 0.3) is 0 Å². The van der Waals surface area contributed by atoms with Gasteiger partial charge in [-0.05, 0) is 18.7 Å². The Kier molecular flexibility index (Phi) is 8.50. The number of hydrogen-bond donors (Lipinski definition) is 1. The number of carbonyl (C=O) groups is 1. The Morgan fingerprint density at radius 1 is 1.32 bits per heavy atom. The highest BCUT2D eigenvalue weighted by Gasteiger charge is 2.16. The molecule has 1 N–H and O–H groups in total. The Balaban J connectivity index is 0.00000242. The van der Waals surface area contributed by atoms with Gasteiger partial charge in [0.05, 0.1) is 10.0 Å². The molecule has 1 aromatic rings. The number of carbonyl (C=O) groups excluding carboxylic acids is 1. The van der Waals surface area contributed by atoms with Gasteiger partial charge in [-0.15, -0.1) is 12.4 Å². The lowest BCUT2D eigenvalue weighted by atomic mass is 10.2. The van der Waals surface area contributed by atoms with Crippen LogP contribution in [0.4, 0.5) is 0 Å². The quantitative estimate of drug-likeness (QED) is 0.870. The summed E-state index contributed by atoms with van der Waals surface area (Å²) in [6.07, 6.45) is 0.536. The zero-order chi connectivity index (χ0) is 15.2. The van der Waals surface area contributed by atoms with Crippen LogP contribution in [0.25, 0.3) is 0 Å². The molecule has 1 fully saturated rings. The zero-order valence-corrected chi connectivity index (χ0v) is 15.0. The van der Waals surface area contributed by atoms with Crippen LogP contribution in [0.3, 0.4) is 0 Å². The Morgan fingerprint density at radius 3 is 2.68 bits per heavy atom. The van der Waals surface area contributed by atoms with E-state index in [2.05, 4.69) is 10.2 Å². The van der Waals surface area contributed by atoms with E-state index in [0.717, 1.165) is 31.7 Å². The molecule has 4 nitrogen and oxygen atoms in total. The number of halogens is 3. The van der Waals surface area contributed by atoms with Crippen molar-refractivity contribution < 1.29 is 4.79 Å². The minimum absolute atomic E-state index is 0. The molecular weight excluding hydrogens is 345 g/mol. The Labute approximate surface area is 148 Å². The first-order valence-corrected chi connectivity index (χ1v) is 7.93. The Morgan fingerprint density at radius 2 is 2.00 bits per heavy atom. The number of nitrogens with zero attached hydrogens (tertiary/aromatic N) is 2. The molecule has 0 spiro atoms. The van der Waals surface area contributed by atoms with E-state index in [9.17, 15) is 4.79 Å². The molecule has 0 unspecified atom stereocenters. The fourth-order valence-corrected chi connectivity index (χ4v) is 2.78. The lowest BCUT2D eigenvalue weighted by Gasteiger charge is -2.28. The smallest absolute Gasteiger partial charge is 0.223 e. The standard InChI is InChI=1S/C15H21Cl2N3O.ClH/c1-19(11-12-3-2-4-13(16)15(12)17)8-5-14(21)20-9-6-18-7-10-20;/h2-4,18H,5-11H2,1H3;1H. The van der Waals surface area contributed by atoms with Crippen molar-refractivity contribution in [1.82, 2.24) is 15.1 Å². The maximum Gasteiger partial charge on any atom is 0.223 e. The third kappa shape index (κ3) is 5.60. The topological polar surface area (TPSA) is 35.6 Å². The van der Waals surface area contributed by atoms with Crippen molar-refractivity contribution in [3.8, 4) is 0 Å². The van der Waals surface area contributed by atoms with Crippen LogP contribution in [-0.2, 0) is 11.3 Å². The second kappa shape index (κ2) is 9.58. The van der Waals surface area contributed by atoms with Crippen molar-refractivity contribution in [3.05, 3.63) is 33.8 Å². The third-order valence-corrected chi connectivity index (χ3v) is 4.51. The molecule has 0 saturated carbocycles. The number of amides is 1. The molecule has 1 aliphatic rings. The maximum absolute atomic E-state index is 12.1. The van der Waals surface area contributed by atoms with Gasteiger partial charge in [0.2, 0.25) is 5.91 Å². The van der Waals surface area contributed by atoms with Crippen molar-refractivity contribution in [2.75, 3.05) is 39.8 Å². The van der Waals surface area contributed by atoms with Crippen LogP contribution in [0.5, 0.6) is 0 Å². The summed E-state index contributed by atoms with van der Waals surface area (Å²) in [7, 11) is 1.99. The molecule has 0 aliphatic carbocycles. The van der Waals surface area contributed by atoms with Crippen molar-refractivity contribution >= 4 is 41.5 Å². The molecule has 7 heteroatoms. The summed E-state index contributed by atoms with van der Waals surface area (Å²) < 4.78 is 0. The fraction of sp³-hybridized carbons (Fsp3) is 0.533. The van der Waals surface area contributed by atoms with E-state index >= 15 is 0 Å².